The lowest BCUT2D eigenvalue weighted by Gasteiger charge is -2.07. The Bertz CT molecular complexity index is 525. The van der Waals surface area contributed by atoms with Crippen LogP contribution in [0.5, 0.6) is 0 Å². The Morgan fingerprint density at radius 1 is 1.24 bits per heavy atom. The van der Waals surface area contributed by atoms with E-state index in [2.05, 4.69) is 37.2 Å². The van der Waals surface area contributed by atoms with E-state index in [-0.39, 0.29) is 5.82 Å². The lowest BCUT2D eigenvalue weighted by molar-refractivity contribution is 0.628. The quantitative estimate of drug-likeness (QED) is 0.700. The maximum Gasteiger partial charge on any atom is 0.125 e. The van der Waals surface area contributed by atoms with Crippen LogP contribution in [0.2, 0.25) is 4.34 Å². The van der Waals surface area contributed by atoms with E-state index in [1.165, 1.54) is 23.5 Å². The Hall–Kier alpha value is -0.100. The number of thiophene rings is 1. The number of nitrogens with one attached hydrogen (secondary N) is 1. The van der Waals surface area contributed by atoms with Gasteiger partial charge in [0, 0.05) is 20.4 Å². The van der Waals surface area contributed by atoms with Gasteiger partial charge in [0.25, 0.3) is 0 Å². The smallest absolute Gasteiger partial charge is 0.125 e. The summed E-state index contributed by atoms with van der Waals surface area (Å²) >= 11 is 14.1. The van der Waals surface area contributed by atoms with Crippen LogP contribution in [0, 0.1) is 5.82 Å². The first-order valence-corrected chi connectivity index (χ1v) is 7.47. The molecule has 17 heavy (non-hydrogen) atoms. The first-order valence-electron chi connectivity index (χ1n) is 4.69. The fourth-order valence-corrected chi connectivity index (χ4v) is 3.41. The average Bonchev–Trinajstić information content (AvgIpc) is 2.60. The van der Waals surface area contributed by atoms with Crippen LogP contribution < -0.4 is 5.32 Å². The fraction of sp³-hybridized carbons (Fsp3) is 0.0909. The van der Waals surface area contributed by atoms with Crippen LogP contribution in [-0.4, -0.2) is 0 Å². The molecule has 0 spiro atoms. The molecule has 0 unspecified atom stereocenters. The fourth-order valence-electron chi connectivity index (χ4n) is 1.29. The molecule has 0 saturated heterocycles. The summed E-state index contributed by atoms with van der Waals surface area (Å²) in [5, 5.41) is 3.15. The van der Waals surface area contributed by atoms with Gasteiger partial charge in [0.1, 0.15) is 10.2 Å². The monoisotopic (exact) mass is 397 g/mol. The molecule has 2 rings (SSSR count). The molecule has 1 aromatic heterocycles. The summed E-state index contributed by atoms with van der Waals surface area (Å²) in [6.07, 6.45) is 0. The number of rotatable bonds is 3. The normalized spacial score (nSPS) is 10.6. The molecule has 1 nitrogen and oxygen atoms in total. The topological polar surface area (TPSA) is 12.0 Å². The van der Waals surface area contributed by atoms with E-state index in [0.29, 0.717) is 6.54 Å². The van der Waals surface area contributed by atoms with Gasteiger partial charge < -0.3 is 5.32 Å². The molecule has 1 aromatic carbocycles. The van der Waals surface area contributed by atoms with Crippen molar-refractivity contribution in [1.82, 2.24) is 0 Å². The summed E-state index contributed by atoms with van der Waals surface area (Å²) in [7, 11) is 0. The van der Waals surface area contributed by atoms with Crippen LogP contribution in [0.1, 0.15) is 4.88 Å². The van der Waals surface area contributed by atoms with Crippen LogP contribution >= 0.6 is 54.8 Å². The average molecular weight is 400 g/mol. The van der Waals surface area contributed by atoms with Crippen LogP contribution in [0.4, 0.5) is 10.1 Å². The predicted octanol–water partition coefficient (Wildman–Crippen LogP) is 5.68. The molecule has 0 aliphatic rings. The number of anilines is 1. The maximum absolute atomic E-state index is 13.1. The second-order valence-electron chi connectivity index (χ2n) is 3.31. The molecule has 0 saturated carbocycles. The standard InChI is InChI=1S/C11H7Br2ClFNS/c12-8-2-1-6(15)3-10(8)16-5-7-4-9(13)11(14)17-7/h1-4,16H,5H2. The van der Waals surface area contributed by atoms with Crippen molar-refractivity contribution in [2.45, 2.75) is 6.54 Å². The summed E-state index contributed by atoms with van der Waals surface area (Å²) in [6.45, 7) is 0.609. The van der Waals surface area contributed by atoms with Crippen molar-refractivity contribution in [2.24, 2.45) is 0 Å². The SMILES string of the molecule is Fc1ccc(Br)c(NCc2cc(Br)c(Cl)s2)c1. The molecule has 0 amide bonds. The van der Waals surface area contributed by atoms with E-state index in [4.69, 9.17) is 11.6 Å². The number of benzene rings is 1. The first-order chi connectivity index (χ1) is 8.06. The van der Waals surface area contributed by atoms with Gasteiger partial charge in [-0.3, -0.25) is 0 Å². The van der Waals surface area contributed by atoms with Crippen LogP contribution in [0.3, 0.4) is 0 Å². The Balaban J connectivity index is 2.09. The Kier molecular flexibility index (Phi) is 4.47. The van der Waals surface area contributed by atoms with Crippen molar-refractivity contribution in [3.63, 3.8) is 0 Å². The Morgan fingerprint density at radius 2 is 2.00 bits per heavy atom. The third-order valence-corrected chi connectivity index (χ3v) is 5.24. The Morgan fingerprint density at radius 3 is 2.65 bits per heavy atom. The minimum atomic E-state index is -0.263. The molecule has 1 heterocycles. The highest BCUT2D eigenvalue weighted by atomic mass is 79.9. The van der Waals surface area contributed by atoms with E-state index in [1.54, 1.807) is 6.07 Å². The van der Waals surface area contributed by atoms with Gasteiger partial charge in [-0.1, -0.05) is 11.6 Å². The zero-order chi connectivity index (χ0) is 12.4. The van der Waals surface area contributed by atoms with Crippen molar-refractivity contribution in [1.29, 1.82) is 0 Å². The zero-order valence-corrected chi connectivity index (χ0v) is 13.2. The van der Waals surface area contributed by atoms with Crippen molar-refractivity contribution in [3.8, 4) is 0 Å². The van der Waals surface area contributed by atoms with Crippen molar-refractivity contribution in [3.05, 3.63) is 48.2 Å². The van der Waals surface area contributed by atoms with E-state index in [9.17, 15) is 4.39 Å². The maximum atomic E-state index is 13.1. The second kappa shape index (κ2) is 5.69. The van der Waals surface area contributed by atoms with Crippen molar-refractivity contribution in [2.75, 3.05) is 5.32 Å². The zero-order valence-electron chi connectivity index (χ0n) is 8.44. The van der Waals surface area contributed by atoms with Crippen LogP contribution in [0.15, 0.2) is 33.2 Å². The van der Waals surface area contributed by atoms with Crippen LogP contribution in [0.25, 0.3) is 0 Å². The molecule has 90 valence electrons. The molecule has 0 bridgehead atoms. The molecule has 0 aliphatic heterocycles. The first kappa shape index (κ1) is 13.3. The molecular weight excluding hydrogens is 392 g/mol. The van der Waals surface area contributed by atoms with Gasteiger partial charge in [-0.05, 0) is 56.1 Å². The summed E-state index contributed by atoms with van der Waals surface area (Å²) < 4.78 is 15.5. The van der Waals surface area contributed by atoms with Gasteiger partial charge in [-0.2, -0.15) is 0 Å². The highest BCUT2D eigenvalue weighted by Gasteiger charge is 2.06. The summed E-state index contributed by atoms with van der Waals surface area (Å²) in [6, 6.07) is 6.49. The van der Waals surface area contributed by atoms with Gasteiger partial charge in [0.05, 0.1) is 5.69 Å². The minimum absolute atomic E-state index is 0.263. The Labute approximate surface area is 124 Å². The molecule has 0 radical (unpaired) electrons. The van der Waals surface area contributed by atoms with Gasteiger partial charge in [0.15, 0.2) is 0 Å². The van der Waals surface area contributed by atoms with E-state index in [1.807, 2.05) is 6.07 Å². The van der Waals surface area contributed by atoms with E-state index < -0.39 is 0 Å². The summed E-state index contributed by atoms with van der Waals surface area (Å²) in [5.41, 5.74) is 0.727. The molecular formula is C11H7Br2ClFNS. The highest BCUT2D eigenvalue weighted by Crippen LogP contribution is 2.32. The molecule has 1 N–H and O–H groups in total. The van der Waals surface area contributed by atoms with Gasteiger partial charge in [-0.15, -0.1) is 11.3 Å². The van der Waals surface area contributed by atoms with Gasteiger partial charge in [-0.25, -0.2) is 4.39 Å². The third kappa shape index (κ3) is 3.44. The molecule has 0 fully saturated rings. The lowest BCUT2D eigenvalue weighted by Crippen LogP contribution is -1.98. The number of hydrogen-bond donors (Lipinski definition) is 1. The van der Waals surface area contributed by atoms with E-state index >= 15 is 0 Å². The van der Waals surface area contributed by atoms with E-state index in [0.717, 1.165) is 23.8 Å². The summed E-state index contributed by atoms with van der Waals surface area (Å²) in [5.74, 6) is -0.263. The van der Waals surface area contributed by atoms with Crippen molar-refractivity contribution >= 4 is 60.5 Å². The number of hydrogen-bond acceptors (Lipinski definition) is 2. The van der Waals surface area contributed by atoms with Gasteiger partial charge >= 0.3 is 0 Å². The minimum Gasteiger partial charge on any atom is -0.379 e. The molecule has 0 atom stereocenters. The third-order valence-electron chi connectivity index (χ3n) is 2.08. The van der Waals surface area contributed by atoms with Crippen LogP contribution in [-0.2, 0) is 6.54 Å². The number of halogens is 4. The molecule has 6 heteroatoms. The summed E-state index contributed by atoms with van der Waals surface area (Å²) in [4.78, 5) is 1.08. The second-order valence-corrected chi connectivity index (χ2v) is 6.76. The largest absolute Gasteiger partial charge is 0.379 e. The lowest BCUT2D eigenvalue weighted by atomic mass is 10.3. The predicted molar refractivity (Wildman–Crippen MR) is 78.5 cm³/mol. The highest BCUT2D eigenvalue weighted by molar-refractivity contribution is 9.11. The van der Waals surface area contributed by atoms with Gasteiger partial charge in [0.2, 0.25) is 0 Å². The molecule has 0 aliphatic carbocycles. The molecule has 2 aromatic rings. The van der Waals surface area contributed by atoms with Crippen molar-refractivity contribution < 1.29 is 4.39 Å².